The van der Waals surface area contributed by atoms with Crippen LogP contribution in [0, 0.1) is 0 Å². The smallest absolute Gasteiger partial charge is 0.192 e. The molecule has 0 aromatic carbocycles. The van der Waals surface area contributed by atoms with E-state index in [0.717, 1.165) is 5.69 Å². The third-order valence-electron chi connectivity index (χ3n) is 1.80. The third kappa shape index (κ3) is 1.27. The van der Waals surface area contributed by atoms with Crippen molar-refractivity contribution >= 4 is 6.29 Å². The zero-order valence-electron chi connectivity index (χ0n) is 6.03. The molecule has 0 amide bonds. The molecule has 0 unspecified atom stereocenters. The minimum Gasteiger partial charge on any atom is -0.294 e. The van der Waals surface area contributed by atoms with Crippen LogP contribution in [-0.2, 0) is 0 Å². The molecule has 0 bridgehead atoms. The lowest BCUT2D eigenvalue weighted by Crippen LogP contribution is -1.95. The number of carbonyl (C=O) groups excluding carboxylic acids is 1. The van der Waals surface area contributed by atoms with Crippen molar-refractivity contribution in [3.8, 4) is 0 Å². The first-order valence-electron chi connectivity index (χ1n) is 3.68. The van der Waals surface area contributed by atoms with Gasteiger partial charge in [-0.05, 0) is 18.9 Å². The van der Waals surface area contributed by atoms with Crippen molar-refractivity contribution in [2.75, 3.05) is 0 Å². The van der Waals surface area contributed by atoms with Gasteiger partial charge in [0.25, 0.3) is 0 Å². The fraction of sp³-hybridized carbons (Fsp3) is 0.375. The van der Waals surface area contributed by atoms with Crippen molar-refractivity contribution in [2.24, 2.45) is 0 Å². The summed E-state index contributed by atoms with van der Waals surface area (Å²) in [6, 6.07) is 1.88. The van der Waals surface area contributed by atoms with Gasteiger partial charge in [-0.25, -0.2) is 9.97 Å². The van der Waals surface area contributed by atoms with Crippen molar-refractivity contribution < 1.29 is 4.79 Å². The lowest BCUT2D eigenvalue weighted by Gasteiger charge is -1.94. The Morgan fingerprint density at radius 1 is 1.55 bits per heavy atom. The Balaban J connectivity index is 2.33. The summed E-state index contributed by atoms with van der Waals surface area (Å²) in [7, 11) is 0. The zero-order chi connectivity index (χ0) is 7.68. The van der Waals surface area contributed by atoms with Gasteiger partial charge in [-0.15, -0.1) is 0 Å². The first kappa shape index (κ1) is 6.46. The van der Waals surface area contributed by atoms with Crippen LogP contribution in [0.5, 0.6) is 0 Å². The van der Waals surface area contributed by atoms with Crippen molar-refractivity contribution in [3.05, 3.63) is 23.8 Å². The number of aromatic nitrogens is 2. The van der Waals surface area contributed by atoms with Crippen molar-refractivity contribution in [2.45, 2.75) is 18.8 Å². The molecule has 1 aliphatic carbocycles. The molecule has 56 valence electrons. The molecule has 0 radical (unpaired) electrons. The van der Waals surface area contributed by atoms with E-state index in [9.17, 15) is 4.79 Å². The zero-order valence-corrected chi connectivity index (χ0v) is 6.03. The molecule has 1 fully saturated rings. The molecule has 2 rings (SSSR count). The van der Waals surface area contributed by atoms with Crippen molar-refractivity contribution in [1.29, 1.82) is 0 Å². The Labute approximate surface area is 64.5 Å². The van der Waals surface area contributed by atoms with E-state index in [1.54, 1.807) is 6.20 Å². The van der Waals surface area contributed by atoms with Crippen LogP contribution < -0.4 is 0 Å². The SMILES string of the molecule is O=Cc1nccc(C2CC2)n1. The van der Waals surface area contributed by atoms with Gasteiger partial charge in [0.05, 0.1) is 0 Å². The average Bonchev–Trinajstić information content (AvgIpc) is 2.87. The first-order chi connectivity index (χ1) is 5.40. The largest absolute Gasteiger partial charge is 0.294 e. The molecule has 1 aromatic heterocycles. The maximum atomic E-state index is 10.3. The predicted octanol–water partition coefficient (Wildman–Crippen LogP) is 1.17. The molecule has 0 spiro atoms. The molecule has 0 atom stereocenters. The summed E-state index contributed by atoms with van der Waals surface area (Å²) >= 11 is 0. The highest BCUT2D eigenvalue weighted by atomic mass is 16.1. The highest BCUT2D eigenvalue weighted by Crippen LogP contribution is 2.38. The van der Waals surface area contributed by atoms with E-state index in [0.29, 0.717) is 18.0 Å². The quantitative estimate of drug-likeness (QED) is 0.591. The fourth-order valence-corrected chi connectivity index (χ4v) is 1.05. The molecule has 1 saturated carbocycles. The minimum absolute atomic E-state index is 0.300. The van der Waals surface area contributed by atoms with Gasteiger partial charge in [-0.1, -0.05) is 0 Å². The number of hydrogen-bond acceptors (Lipinski definition) is 3. The molecular formula is C8H8N2O. The summed E-state index contributed by atoms with van der Waals surface area (Å²) in [6.07, 6.45) is 4.74. The van der Waals surface area contributed by atoms with Crippen LogP contribution in [0.4, 0.5) is 0 Å². The maximum Gasteiger partial charge on any atom is 0.192 e. The van der Waals surface area contributed by atoms with E-state index in [1.807, 2.05) is 6.07 Å². The standard InChI is InChI=1S/C8H8N2O/c11-5-8-9-4-3-7(10-8)6-1-2-6/h3-6H,1-2H2. The molecular weight excluding hydrogens is 140 g/mol. The molecule has 0 aliphatic heterocycles. The molecule has 1 heterocycles. The number of aldehydes is 1. The summed E-state index contributed by atoms with van der Waals surface area (Å²) in [5.74, 6) is 0.895. The van der Waals surface area contributed by atoms with Gasteiger partial charge in [0.1, 0.15) is 0 Å². The van der Waals surface area contributed by atoms with E-state index >= 15 is 0 Å². The van der Waals surface area contributed by atoms with E-state index in [2.05, 4.69) is 9.97 Å². The molecule has 3 heteroatoms. The van der Waals surface area contributed by atoms with Crippen LogP contribution in [0.25, 0.3) is 0 Å². The van der Waals surface area contributed by atoms with Crippen LogP contribution in [0.3, 0.4) is 0 Å². The lowest BCUT2D eigenvalue weighted by molar-refractivity contribution is 0.111. The fourth-order valence-electron chi connectivity index (χ4n) is 1.05. The van der Waals surface area contributed by atoms with Gasteiger partial charge in [0.2, 0.25) is 0 Å². The van der Waals surface area contributed by atoms with E-state index in [4.69, 9.17) is 0 Å². The number of nitrogens with zero attached hydrogens (tertiary/aromatic N) is 2. The predicted molar refractivity (Wildman–Crippen MR) is 39.4 cm³/mol. The Hall–Kier alpha value is -1.25. The number of hydrogen-bond donors (Lipinski definition) is 0. The van der Waals surface area contributed by atoms with Gasteiger partial charge in [-0.2, -0.15) is 0 Å². The maximum absolute atomic E-state index is 10.3. The Morgan fingerprint density at radius 2 is 2.36 bits per heavy atom. The van der Waals surface area contributed by atoms with Gasteiger partial charge in [0.15, 0.2) is 12.1 Å². The lowest BCUT2D eigenvalue weighted by atomic mass is 10.3. The highest BCUT2D eigenvalue weighted by Gasteiger charge is 2.24. The topological polar surface area (TPSA) is 42.9 Å². The summed E-state index contributed by atoms with van der Waals surface area (Å²) in [4.78, 5) is 18.1. The molecule has 3 nitrogen and oxygen atoms in total. The minimum atomic E-state index is 0.300. The van der Waals surface area contributed by atoms with Crippen LogP contribution in [0.15, 0.2) is 12.3 Å². The van der Waals surface area contributed by atoms with E-state index in [1.165, 1.54) is 12.8 Å². The van der Waals surface area contributed by atoms with Crippen LogP contribution in [0.1, 0.15) is 35.1 Å². The number of rotatable bonds is 2. The van der Waals surface area contributed by atoms with E-state index < -0.39 is 0 Å². The highest BCUT2D eigenvalue weighted by molar-refractivity contribution is 5.68. The average molecular weight is 148 g/mol. The van der Waals surface area contributed by atoms with Gasteiger partial charge in [0, 0.05) is 17.8 Å². The second-order valence-electron chi connectivity index (χ2n) is 2.73. The Kier molecular flexibility index (Phi) is 1.42. The van der Waals surface area contributed by atoms with Gasteiger partial charge in [-0.3, -0.25) is 4.79 Å². The summed E-state index contributed by atoms with van der Waals surface area (Å²) in [6.45, 7) is 0. The monoisotopic (exact) mass is 148 g/mol. The van der Waals surface area contributed by atoms with Crippen molar-refractivity contribution in [3.63, 3.8) is 0 Å². The third-order valence-corrected chi connectivity index (χ3v) is 1.80. The van der Waals surface area contributed by atoms with Gasteiger partial charge < -0.3 is 0 Å². The number of carbonyl (C=O) groups is 1. The molecule has 0 N–H and O–H groups in total. The molecule has 1 aliphatic rings. The van der Waals surface area contributed by atoms with Crippen LogP contribution in [-0.4, -0.2) is 16.3 Å². The molecule has 1 aromatic rings. The Bertz CT molecular complexity index is 281. The van der Waals surface area contributed by atoms with E-state index in [-0.39, 0.29) is 0 Å². The van der Waals surface area contributed by atoms with Gasteiger partial charge >= 0.3 is 0 Å². The second kappa shape index (κ2) is 2.42. The summed E-state index contributed by atoms with van der Waals surface area (Å²) in [5.41, 5.74) is 1.02. The second-order valence-corrected chi connectivity index (χ2v) is 2.73. The first-order valence-corrected chi connectivity index (χ1v) is 3.68. The molecule has 11 heavy (non-hydrogen) atoms. The molecule has 0 saturated heterocycles. The van der Waals surface area contributed by atoms with Crippen LogP contribution >= 0.6 is 0 Å². The summed E-state index contributed by atoms with van der Waals surface area (Å²) in [5, 5.41) is 0. The summed E-state index contributed by atoms with van der Waals surface area (Å²) < 4.78 is 0. The van der Waals surface area contributed by atoms with Crippen molar-refractivity contribution in [1.82, 2.24) is 9.97 Å². The Morgan fingerprint density at radius 3 is 3.00 bits per heavy atom. The normalized spacial score (nSPS) is 16.4. The van der Waals surface area contributed by atoms with Crippen LogP contribution in [0.2, 0.25) is 0 Å².